The van der Waals surface area contributed by atoms with Crippen molar-refractivity contribution in [3.8, 4) is 5.75 Å². The van der Waals surface area contributed by atoms with Crippen LogP contribution in [0.2, 0.25) is 0 Å². The van der Waals surface area contributed by atoms with Gasteiger partial charge in [0.1, 0.15) is 5.75 Å². The van der Waals surface area contributed by atoms with E-state index < -0.39 is 0 Å². The Morgan fingerprint density at radius 2 is 2.05 bits per heavy atom. The molecule has 0 saturated carbocycles. The molecule has 0 spiro atoms. The van der Waals surface area contributed by atoms with Crippen LogP contribution >= 0.6 is 0 Å². The lowest BCUT2D eigenvalue weighted by Crippen LogP contribution is -2.22. The average molecular weight is 263 g/mol. The van der Waals surface area contributed by atoms with Crippen molar-refractivity contribution < 1.29 is 4.74 Å². The fourth-order valence-corrected chi connectivity index (χ4v) is 2.41. The van der Waals surface area contributed by atoms with Crippen molar-refractivity contribution >= 4 is 0 Å². The molecule has 0 aliphatic rings. The van der Waals surface area contributed by atoms with E-state index in [2.05, 4.69) is 44.3 Å². The standard InChI is InChI=1S/C17H29NO/c1-5-7-8-15(6-2)12-18-13-16-9-10-17(19-4)14(3)11-16/h9-11,15,18H,5-8,12-13H2,1-4H3. The first-order valence-corrected chi connectivity index (χ1v) is 7.55. The topological polar surface area (TPSA) is 21.3 Å². The zero-order valence-corrected chi connectivity index (χ0v) is 13.0. The van der Waals surface area contributed by atoms with Gasteiger partial charge in [0.25, 0.3) is 0 Å². The molecule has 19 heavy (non-hydrogen) atoms. The molecule has 1 N–H and O–H groups in total. The minimum atomic E-state index is 0.819. The van der Waals surface area contributed by atoms with Gasteiger partial charge in [-0.3, -0.25) is 0 Å². The van der Waals surface area contributed by atoms with Crippen molar-refractivity contribution in [1.82, 2.24) is 5.32 Å². The molecule has 108 valence electrons. The highest BCUT2D eigenvalue weighted by atomic mass is 16.5. The number of unbranched alkanes of at least 4 members (excludes halogenated alkanes) is 1. The Hall–Kier alpha value is -1.02. The van der Waals surface area contributed by atoms with Gasteiger partial charge in [-0.05, 0) is 43.0 Å². The zero-order chi connectivity index (χ0) is 14.1. The molecular weight excluding hydrogens is 234 g/mol. The number of benzene rings is 1. The number of ether oxygens (including phenoxy) is 1. The van der Waals surface area contributed by atoms with Gasteiger partial charge in [0.05, 0.1) is 7.11 Å². The van der Waals surface area contributed by atoms with Crippen LogP contribution in [-0.2, 0) is 6.54 Å². The predicted octanol–water partition coefficient (Wildman–Crippen LogP) is 4.31. The monoisotopic (exact) mass is 263 g/mol. The molecule has 0 aromatic heterocycles. The highest BCUT2D eigenvalue weighted by molar-refractivity contribution is 5.36. The quantitative estimate of drug-likeness (QED) is 0.717. The van der Waals surface area contributed by atoms with Crippen LogP contribution < -0.4 is 10.1 Å². The number of hydrogen-bond acceptors (Lipinski definition) is 2. The minimum Gasteiger partial charge on any atom is -0.496 e. The van der Waals surface area contributed by atoms with E-state index in [1.807, 2.05) is 0 Å². The maximum absolute atomic E-state index is 5.28. The normalized spacial score (nSPS) is 12.4. The maximum atomic E-state index is 5.28. The summed E-state index contributed by atoms with van der Waals surface area (Å²) in [4.78, 5) is 0. The number of nitrogens with one attached hydrogen (secondary N) is 1. The average Bonchev–Trinajstić information content (AvgIpc) is 2.42. The Kier molecular flexibility index (Phi) is 7.57. The van der Waals surface area contributed by atoms with Gasteiger partial charge in [0, 0.05) is 6.54 Å². The second-order valence-corrected chi connectivity index (χ2v) is 5.35. The summed E-state index contributed by atoms with van der Waals surface area (Å²) in [5, 5.41) is 3.59. The number of rotatable bonds is 9. The number of methoxy groups -OCH3 is 1. The van der Waals surface area contributed by atoms with Crippen LogP contribution in [0, 0.1) is 12.8 Å². The Morgan fingerprint density at radius 3 is 2.63 bits per heavy atom. The van der Waals surface area contributed by atoms with Crippen LogP contribution in [0.4, 0.5) is 0 Å². The van der Waals surface area contributed by atoms with Gasteiger partial charge in [-0.1, -0.05) is 45.2 Å². The lowest BCUT2D eigenvalue weighted by atomic mass is 9.99. The Bertz CT molecular complexity index is 362. The molecule has 1 atom stereocenters. The van der Waals surface area contributed by atoms with Crippen LogP contribution in [0.15, 0.2) is 18.2 Å². The van der Waals surface area contributed by atoms with Crippen molar-refractivity contribution in [3.05, 3.63) is 29.3 Å². The van der Waals surface area contributed by atoms with E-state index in [-0.39, 0.29) is 0 Å². The summed E-state index contributed by atoms with van der Waals surface area (Å²) < 4.78 is 5.28. The van der Waals surface area contributed by atoms with Crippen LogP contribution in [-0.4, -0.2) is 13.7 Å². The smallest absolute Gasteiger partial charge is 0.121 e. The fraction of sp³-hybridized carbons (Fsp3) is 0.647. The molecule has 0 saturated heterocycles. The lowest BCUT2D eigenvalue weighted by Gasteiger charge is -2.15. The van der Waals surface area contributed by atoms with Crippen LogP contribution in [0.1, 0.15) is 50.7 Å². The summed E-state index contributed by atoms with van der Waals surface area (Å²) in [6.07, 6.45) is 5.27. The van der Waals surface area contributed by atoms with Crippen molar-refractivity contribution in [2.24, 2.45) is 5.92 Å². The minimum absolute atomic E-state index is 0.819. The summed E-state index contributed by atoms with van der Waals surface area (Å²) in [6.45, 7) is 8.73. The Balaban J connectivity index is 2.37. The number of aryl methyl sites for hydroxylation is 1. The van der Waals surface area contributed by atoms with E-state index in [4.69, 9.17) is 4.74 Å². The van der Waals surface area contributed by atoms with Gasteiger partial charge >= 0.3 is 0 Å². The summed E-state index contributed by atoms with van der Waals surface area (Å²) in [5.41, 5.74) is 2.54. The number of hydrogen-bond donors (Lipinski definition) is 1. The molecule has 0 radical (unpaired) electrons. The summed E-state index contributed by atoms with van der Waals surface area (Å²) in [5.74, 6) is 1.79. The van der Waals surface area contributed by atoms with Crippen molar-refractivity contribution in [3.63, 3.8) is 0 Å². The second kappa shape index (κ2) is 8.98. The van der Waals surface area contributed by atoms with Crippen molar-refractivity contribution in [2.45, 2.75) is 53.0 Å². The molecular formula is C17H29NO. The molecule has 2 nitrogen and oxygen atoms in total. The van der Waals surface area contributed by atoms with E-state index in [1.54, 1.807) is 7.11 Å². The molecule has 1 rings (SSSR count). The first-order chi connectivity index (χ1) is 9.21. The molecule has 2 heteroatoms. The Labute approximate surface area is 118 Å². The highest BCUT2D eigenvalue weighted by Gasteiger charge is 2.05. The van der Waals surface area contributed by atoms with Gasteiger partial charge in [-0.25, -0.2) is 0 Å². The molecule has 0 aliphatic carbocycles. The van der Waals surface area contributed by atoms with E-state index in [0.29, 0.717) is 0 Å². The van der Waals surface area contributed by atoms with Crippen LogP contribution in [0.3, 0.4) is 0 Å². The van der Waals surface area contributed by atoms with Crippen LogP contribution in [0.5, 0.6) is 5.75 Å². The molecule has 1 unspecified atom stereocenters. The second-order valence-electron chi connectivity index (χ2n) is 5.35. The molecule has 1 aromatic rings. The zero-order valence-electron chi connectivity index (χ0n) is 13.0. The predicted molar refractivity (Wildman–Crippen MR) is 82.7 cm³/mol. The molecule has 0 amide bonds. The summed E-state index contributed by atoms with van der Waals surface area (Å²) in [6, 6.07) is 6.41. The molecule has 1 aromatic carbocycles. The maximum Gasteiger partial charge on any atom is 0.121 e. The van der Waals surface area contributed by atoms with Crippen molar-refractivity contribution in [2.75, 3.05) is 13.7 Å². The van der Waals surface area contributed by atoms with Crippen molar-refractivity contribution in [1.29, 1.82) is 0 Å². The molecule has 0 fully saturated rings. The van der Waals surface area contributed by atoms with Gasteiger partial charge < -0.3 is 10.1 Å². The first kappa shape index (κ1) is 16.0. The summed E-state index contributed by atoms with van der Waals surface area (Å²) >= 11 is 0. The largest absolute Gasteiger partial charge is 0.496 e. The Morgan fingerprint density at radius 1 is 1.26 bits per heavy atom. The third-order valence-corrected chi connectivity index (χ3v) is 3.76. The van der Waals surface area contributed by atoms with Crippen LogP contribution in [0.25, 0.3) is 0 Å². The first-order valence-electron chi connectivity index (χ1n) is 7.55. The molecule has 0 aliphatic heterocycles. The third kappa shape index (κ3) is 5.65. The molecule has 0 bridgehead atoms. The van der Waals surface area contributed by atoms with Gasteiger partial charge in [-0.15, -0.1) is 0 Å². The summed E-state index contributed by atoms with van der Waals surface area (Å²) in [7, 11) is 1.72. The van der Waals surface area contributed by atoms with E-state index in [0.717, 1.165) is 24.8 Å². The van der Waals surface area contributed by atoms with Gasteiger partial charge in [-0.2, -0.15) is 0 Å². The van der Waals surface area contributed by atoms with E-state index >= 15 is 0 Å². The molecule has 0 heterocycles. The SMILES string of the molecule is CCCCC(CC)CNCc1ccc(OC)c(C)c1. The van der Waals surface area contributed by atoms with E-state index in [1.165, 1.54) is 36.8 Å². The lowest BCUT2D eigenvalue weighted by molar-refractivity contribution is 0.410. The third-order valence-electron chi connectivity index (χ3n) is 3.76. The van der Waals surface area contributed by atoms with Gasteiger partial charge in [0.2, 0.25) is 0 Å². The highest BCUT2D eigenvalue weighted by Crippen LogP contribution is 2.18. The fourth-order valence-electron chi connectivity index (χ4n) is 2.41. The van der Waals surface area contributed by atoms with Gasteiger partial charge in [0.15, 0.2) is 0 Å². The van der Waals surface area contributed by atoms with E-state index in [9.17, 15) is 0 Å².